The van der Waals surface area contributed by atoms with Gasteiger partial charge >= 0.3 is 6.09 Å². The first-order chi connectivity index (χ1) is 11.0. The molecule has 24 heavy (non-hydrogen) atoms. The Hall–Kier alpha value is -1.41. The van der Waals surface area contributed by atoms with Crippen molar-refractivity contribution in [3.8, 4) is 0 Å². The number of piperidine rings is 1. The predicted octanol–water partition coefficient (Wildman–Crippen LogP) is 2.61. The summed E-state index contributed by atoms with van der Waals surface area (Å²) in [6.45, 7) is 7.68. The number of sulfone groups is 1. The highest BCUT2D eigenvalue weighted by Gasteiger charge is 2.36. The molecule has 0 N–H and O–H groups in total. The van der Waals surface area contributed by atoms with Crippen molar-refractivity contribution < 1.29 is 17.9 Å². The number of halogens is 1. The summed E-state index contributed by atoms with van der Waals surface area (Å²) in [5.41, 5.74) is -0.0774. The predicted molar refractivity (Wildman–Crippen MR) is 89.8 cm³/mol. The third kappa shape index (κ3) is 4.57. The Balaban J connectivity index is 2.07. The minimum absolute atomic E-state index is 0.104. The molecule has 1 aromatic rings. The van der Waals surface area contributed by atoms with Crippen molar-refractivity contribution in [2.24, 2.45) is 0 Å². The van der Waals surface area contributed by atoms with Gasteiger partial charge in [0.25, 0.3) is 0 Å². The number of hydrogen-bond acceptors (Lipinski definition) is 6. The van der Waals surface area contributed by atoms with Crippen molar-refractivity contribution in [2.75, 3.05) is 13.1 Å². The van der Waals surface area contributed by atoms with E-state index in [-0.39, 0.29) is 10.3 Å². The van der Waals surface area contributed by atoms with Crippen molar-refractivity contribution in [3.05, 3.63) is 16.9 Å². The molecule has 1 fully saturated rings. The lowest BCUT2D eigenvalue weighted by Crippen LogP contribution is -2.44. The largest absolute Gasteiger partial charge is 0.444 e. The van der Waals surface area contributed by atoms with Gasteiger partial charge in [-0.1, -0.05) is 11.6 Å². The highest BCUT2D eigenvalue weighted by atomic mass is 35.5. The standard InChI is InChI=1S/C15H22ClN3O4S/c1-10-9-12(16)18-13(17-10)24(21,22)11-5-7-19(8-6-11)14(20)23-15(2,3)4/h9,11H,5-8H2,1-4H3. The molecule has 1 aliphatic heterocycles. The summed E-state index contributed by atoms with van der Waals surface area (Å²) < 4.78 is 30.7. The maximum Gasteiger partial charge on any atom is 0.410 e. The van der Waals surface area contributed by atoms with Crippen molar-refractivity contribution in [2.45, 2.75) is 56.5 Å². The van der Waals surface area contributed by atoms with Crippen LogP contribution in [0.4, 0.5) is 4.79 Å². The molecule has 0 saturated carbocycles. The normalized spacial score (nSPS) is 17.0. The number of nitrogens with zero attached hydrogens (tertiary/aromatic N) is 3. The Bertz CT molecular complexity index is 702. The lowest BCUT2D eigenvalue weighted by molar-refractivity contribution is 0.0217. The minimum Gasteiger partial charge on any atom is -0.444 e. The van der Waals surface area contributed by atoms with Crippen LogP contribution < -0.4 is 0 Å². The summed E-state index contributed by atoms with van der Waals surface area (Å²) in [6.07, 6.45) is 0.209. The van der Waals surface area contributed by atoms with Gasteiger partial charge in [0, 0.05) is 18.8 Å². The van der Waals surface area contributed by atoms with Crippen molar-refractivity contribution in [1.29, 1.82) is 0 Å². The Kier molecular flexibility index (Phi) is 5.39. The lowest BCUT2D eigenvalue weighted by Gasteiger charge is -2.32. The van der Waals surface area contributed by atoms with Crippen LogP contribution in [0.15, 0.2) is 11.2 Å². The smallest absolute Gasteiger partial charge is 0.410 e. The molecule has 0 spiro atoms. The molecule has 2 rings (SSSR count). The number of carbonyl (C=O) groups is 1. The second-order valence-corrected chi connectivity index (χ2v) is 9.34. The maximum absolute atomic E-state index is 12.7. The number of rotatable bonds is 2. The summed E-state index contributed by atoms with van der Waals surface area (Å²) in [6, 6.07) is 1.51. The van der Waals surface area contributed by atoms with Crippen LogP contribution in [0.1, 0.15) is 39.3 Å². The van der Waals surface area contributed by atoms with E-state index in [0.717, 1.165) is 0 Å². The lowest BCUT2D eigenvalue weighted by atomic mass is 10.1. The molecule has 1 aromatic heterocycles. The summed E-state index contributed by atoms with van der Waals surface area (Å²) >= 11 is 5.84. The van der Waals surface area contributed by atoms with E-state index in [0.29, 0.717) is 31.6 Å². The van der Waals surface area contributed by atoms with Crippen LogP contribution in [0, 0.1) is 6.92 Å². The zero-order valence-corrected chi connectivity index (χ0v) is 15.8. The van der Waals surface area contributed by atoms with Gasteiger partial charge in [0.1, 0.15) is 10.8 Å². The Morgan fingerprint density at radius 3 is 2.38 bits per heavy atom. The molecule has 0 aliphatic carbocycles. The van der Waals surface area contributed by atoms with Gasteiger partial charge in [-0.15, -0.1) is 0 Å². The first kappa shape index (κ1) is 18.9. The zero-order chi connectivity index (χ0) is 18.1. The molecule has 7 nitrogen and oxygen atoms in total. The second kappa shape index (κ2) is 6.84. The van der Waals surface area contributed by atoms with E-state index < -0.39 is 26.8 Å². The summed E-state index contributed by atoms with van der Waals surface area (Å²) in [5.74, 6) is 0. The Morgan fingerprint density at radius 2 is 1.88 bits per heavy atom. The van der Waals surface area contributed by atoms with E-state index in [1.54, 1.807) is 27.7 Å². The number of ether oxygens (including phenoxy) is 1. The second-order valence-electron chi connectivity index (χ2n) is 6.83. The van der Waals surface area contributed by atoms with Gasteiger partial charge in [0.2, 0.25) is 15.0 Å². The average molecular weight is 376 g/mol. The van der Waals surface area contributed by atoms with Crippen LogP contribution in [0.25, 0.3) is 0 Å². The Labute approximate surface area is 147 Å². The number of amides is 1. The monoisotopic (exact) mass is 375 g/mol. The molecule has 9 heteroatoms. The molecule has 2 heterocycles. The molecule has 0 atom stereocenters. The SMILES string of the molecule is Cc1cc(Cl)nc(S(=O)(=O)C2CCN(C(=O)OC(C)(C)C)CC2)n1. The van der Waals surface area contributed by atoms with Crippen molar-refractivity contribution in [1.82, 2.24) is 14.9 Å². The minimum atomic E-state index is -3.68. The molecule has 0 bridgehead atoms. The summed E-state index contributed by atoms with van der Waals surface area (Å²) in [5, 5.41) is -0.774. The van der Waals surface area contributed by atoms with Gasteiger partial charge in [-0.3, -0.25) is 0 Å². The highest BCUT2D eigenvalue weighted by Crippen LogP contribution is 2.24. The van der Waals surface area contributed by atoms with Gasteiger partial charge in [-0.05, 0) is 46.6 Å². The molecular formula is C15H22ClN3O4S. The molecule has 1 amide bonds. The number of carbonyl (C=O) groups excluding carboxylic acids is 1. The van der Waals surface area contributed by atoms with E-state index in [4.69, 9.17) is 16.3 Å². The van der Waals surface area contributed by atoms with Crippen LogP contribution in [0.2, 0.25) is 5.15 Å². The molecule has 1 aliphatic rings. The van der Waals surface area contributed by atoms with Gasteiger partial charge < -0.3 is 9.64 Å². The van der Waals surface area contributed by atoms with Crippen LogP contribution in [-0.4, -0.2) is 53.3 Å². The van der Waals surface area contributed by atoms with Gasteiger partial charge in [0.15, 0.2) is 0 Å². The zero-order valence-electron chi connectivity index (χ0n) is 14.2. The van der Waals surface area contributed by atoms with Crippen LogP contribution in [0.5, 0.6) is 0 Å². The number of likely N-dealkylation sites (tertiary alicyclic amines) is 1. The fourth-order valence-electron chi connectivity index (χ4n) is 2.46. The Morgan fingerprint density at radius 1 is 1.29 bits per heavy atom. The van der Waals surface area contributed by atoms with E-state index in [1.165, 1.54) is 11.0 Å². The van der Waals surface area contributed by atoms with Crippen molar-refractivity contribution in [3.63, 3.8) is 0 Å². The number of hydrogen-bond donors (Lipinski definition) is 0. The highest BCUT2D eigenvalue weighted by molar-refractivity contribution is 7.91. The number of aryl methyl sites for hydroxylation is 1. The first-order valence-electron chi connectivity index (χ1n) is 7.72. The molecule has 1 saturated heterocycles. The summed E-state index contributed by atoms with van der Waals surface area (Å²) in [4.78, 5) is 21.4. The van der Waals surface area contributed by atoms with Crippen molar-refractivity contribution >= 4 is 27.5 Å². The van der Waals surface area contributed by atoms with E-state index in [9.17, 15) is 13.2 Å². The van der Waals surface area contributed by atoms with Gasteiger partial charge in [-0.2, -0.15) is 0 Å². The molecule has 134 valence electrons. The first-order valence-corrected chi connectivity index (χ1v) is 9.64. The quantitative estimate of drug-likeness (QED) is 0.583. The number of aromatic nitrogens is 2. The average Bonchev–Trinajstić information content (AvgIpc) is 2.44. The van der Waals surface area contributed by atoms with Crippen LogP contribution in [-0.2, 0) is 14.6 Å². The van der Waals surface area contributed by atoms with Crippen LogP contribution in [0.3, 0.4) is 0 Å². The van der Waals surface area contributed by atoms with E-state index in [2.05, 4.69) is 9.97 Å². The third-order valence-corrected chi connectivity index (χ3v) is 5.82. The fourth-order valence-corrected chi connectivity index (χ4v) is 4.37. The van der Waals surface area contributed by atoms with Crippen LogP contribution >= 0.6 is 11.6 Å². The van der Waals surface area contributed by atoms with Gasteiger partial charge in [-0.25, -0.2) is 23.2 Å². The maximum atomic E-state index is 12.7. The molecular weight excluding hydrogens is 354 g/mol. The topological polar surface area (TPSA) is 89.5 Å². The third-order valence-electron chi connectivity index (χ3n) is 3.59. The van der Waals surface area contributed by atoms with E-state index >= 15 is 0 Å². The van der Waals surface area contributed by atoms with Gasteiger partial charge in [0.05, 0.1) is 5.25 Å². The molecule has 0 radical (unpaired) electrons. The summed E-state index contributed by atoms with van der Waals surface area (Å²) in [7, 11) is -3.68. The van der Waals surface area contributed by atoms with E-state index in [1.807, 2.05) is 0 Å². The molecule has 0 aromatic carbocycles. The fraction of sp³-hybridized carbons (Fsp3) is 0.667. The molecule has 0 unspecified atom stereocenters.